The lowest BCUT2D eigenvalue weighted by atomic mass is 10.0. The largest absolute Gasteiger partial charge is 0.466 e. The number of carbonyl (C=O) groups is 3. The van der Waals surface area contributed by atoms with Crippen LogP contribution >= 0.6 is 0 Å². The number of benzene rings is 1. The van der Waals surface area contributed by atoms with Crippen LogP contribution in [-0.2, 0) is 25.5 Å². The number of aromatic nitrogens is 1. The van der Waals surface area contributed by atoms with Gasteiger partial charge in [-0.3, -0.25) is 14.4 Å². The smallest absolute Gasteiger partial charge is 0.307 e. The lowest BCUT2D eigenvalue weighted by Gasteiger charge is -2.20. The van der Waals surface area contributed by atoms with E-state index in [1.807, 2.05) is 0 Å². The number of ether oxygens (including phenoxy) is 1. The summed E-state index contributed by atoms with van der Waals surface area (Å²) in [6.07, 6.45) is 1.95. The van der Waals surface area contributed by atoms with E-state index in [1.54, 1.807) is 26.1 Å². The van der Waals surface area contributed by atoms with E-state index >= 15 is 0 Å². The maximum Gasteiger partial charge on any atom is 0.307 e. The third kappa shape index (κ3) is 5.80. The van der Waals surface area contributed by atoms with Crippen LogP contribution in [0.1, 0.15) is 32.8 Å². The van der Waals surface area contributed by atoms with Gasteiger partial charge in [0.15, 0.2) is 0 Å². The van der Waals surface area contributed by atoms with Gasteiger partial charge in [-0.25, -0.2) is 4.39 Å². The highest BCUT2D eigenvalue weighted by Crippen LogP contribution is 2.20. The topological polar surface area (TPSA) is 100 Å². The van der Waals surface area contributed by atoms with E-state index in [0.29, 0.717) is 5.52 Å². The van der Waals surface area contributed by atoms with Crippen molar-refractivity contribution in [3.8, 4) is 0 Å². The van der Waals surface area contributed by atoms with Gasteiger partial charge >= 0.3 is 5.97 Å². The van der Waals surface area contributed by atoms with Crippen LogP contribution in [0.15, 0.2) is 24.4 Å². The average molecular weight is 377 g/mol. The fourth-order valence-electron chi connectivity index (χ4n) is 2.87. The van der Waals surface area contributed by atoms with Gasteiger partial charge in [-0.05, 0) is 37.6 Å². The Bertz CT molecular complexity index is 833. The number of halogens is 1. The quantitative estimate of drug-likeness (QED) is 0.611. The zero-order valence-electron chi connectivity index (χ0n) is 15.6. The van der Waals surface area contributed by atoms with Gasteiger partial charge in [0.2, 0.25) is 11.8 Å². The monoisotopic (exact) mass is 377 g/mol. The SMILES string of the molecule is CCOC(=O)CC(C)NC(=O)C(Cc1c[nH]c2cc(F)ccc12)NC(C)=O. The van der Waals surface area contributed by atoms with Gasteiger partial charge in [-0.2, -0.15) is 0 Å². The van der Waals surface area contributed by atoms with Crippen LogP contribution in [0.4, 0.5) is 4.39 Å². The number of esters is 1. The van der Waals surface area contributed by atoms with Crippen LogP contribution in [0.2, 0.25) is 0 Å². The Kier molecular flexibility index (Phi) is 6.92. The number of rotatable bonds is 8. The van der Waals surface area contributed by atoms with Crippen molar-refractivity contribution in [1.29, 1.82) is 0 Å². The van der Waals surface area contributed by atoms with Gasteiger partial charge in [-0.1, -0.05) is 0 Å². The first kappa shape index (κ1) is 20.4. The standard InChI is InChI=1S/C19H24FN3O4/c1-4-27-18(25)7-11(2)22-19(26)17(23-12(3)24)8-13-10-21-16-9-14(20)5-6-15(13)16/h5-6,9-11,17,21H,4,7-8H2,1-3H3,(H,22,26)(H,23,24). The Labute approximate surface area is 156 Å². The van der Waals surface area contributed by atoms with Crippen molar-refractivity contribution in [2.45, 2.75) is 45.7 Å². The van der Waals surface area contributed by atoms with Gasteiger partial charge in [0.25, 0.3) is 0 Å². The summed E-state index contributed by atoms with van der Waals surface area (Å²) in [5, 5.41) is 6.12. The predicted molar refractivity (Wildman–Crippen MR) is 98.4 cm³/mol. The molecule has 2 rings (SSSR count). The van der Waals surface area contributed by atoms with Crippen LogP contribution in [0.5, 0.6) is 0 Å². The van der Waals surface area contributed by atoms with Gasteiger partial charge < -0.3 is 20.4 Å². The number of hydrogen-bond donors (Lipinski definition) is 3. The Balaban J connectivity index is 2.10. The molecule has 27 heavy (non-hydrogen) atoms. The first-order valence-corrected chi connectivity index (χ1v) is 8.78. The number of hydrogen-bond acceptors (Lipinski definition) is 4. The molecule has 7 nitrogen and oxygen atoms in total. The number of carbonyl (C=O) groups excluding carboxylic acids is 3. The molecule has 2 amide bonds. The molecule has 0 spiro atoms. The normalized spacial score (nSPS) is 13.0. The molecule has 2 aromatic rings. The molecule has 3 N–H and O–H groups in total. The molecular weight excluding hydrogens is 353 g/mol. The van der Waals surface area contributed by atoms with Crippen LogP contribution in [-0.4, -0.2) is 41.5 Å². The summed E-state index contributed by atoms with van der Waals surface area (Å²) in [6, 6.07) is 3.08. The van der Waals surface area contributed by atoms with Crippen molar-refractivity contribution in [2.24, 2.45) is 0 Å². The minimum atomic E-state index is -0.823. The van der Waals surface area contributed by atoms with Crippen molar-refractivity contribution in [3.05, 3.63) is 35.8 Å². The molecule has 0 saturated heterocycles. The molecule has 1 heterocycles. The van der Waals surface area contributed by atoms with E-state index < -0.39 is 24.0 Å². The summed E-state index contributed by atoms with van der Waals surface area (Å²) in [5.74, 6) is -1.52. The second-order valence-corrected chi connectivity index (χ2v) is 6.38. The minimum Gasteiger partial charge on any atom is -0.466 e. The van der Waals surface area contributed by atoms with Gasteiger partial charge in [0.1, 0.15) is 11.9 Å². The molecule has 0 saturated carbocycles. The van der Waals surface area contributed by atoms with Crippen molar-refractivity contribution < 1.29 is 23.5 Å². The zero-order chi connectivity index (χ0) is 20.0. The van der Waals surface area contributed by atoms with Crippen LogP contribution in [0.25, 0.3) is 10.9 Å². The summed E-state index contributed by atoms with van der Waals surface area (Å²) in [5.41, 5.74) is 1.39. The summed E-state index contributed by atoms with van der Waals surface area (Å²) < 4.78 is 18.2. The first-order chi connectivity index (χ1) is 12.8. The maximum atomic E-state index is 13.3. The number of aromatic amines is 1. The number of fused-ring (bicyclic) bond motifs is 1. The van der Waals surface area contributed by atoms with E-state index in [4.69, 9.17) is 4.74 Å². The van der Waals surface area contributed by atoms with Gasteiger partial charge in [0, 0.05) is 36.5 Å². The first-order valence-electron chi connectivity index (χ1n) is 8.78. The average Bonchev–Trinajstić information content (AvgIpc) is 2.95. The maximum absolute atomic E-state index is 13.3. The second kappa shape index (κ2) is 9.16. The van der Waals surface area contributed by atoms with Gasteiger partial charge in [-0.15, -0.1) is 0 Å². The lowest BCUT2D eigenvalue weighted by Crippen LogP contribution is -2.50. The van der Waals surface area contributed by atoms with Crippen molar-refractivity contribution >= 4 is 28.7 Å². The molecule has 2 atom stereocenters. The van der Waals surface area contributed by atoms with E-state index in [1.165, 1.54) is 19.1 Å². The summed E-state index contributed by atoms with van der Waals surface area (Å²) in [7, 11) is 0. The molecule has 2 unspecified atom stereocenters. The highest BCUT2D eigenvalue weighted by molar-refractivity contribution is 5.89. The molecular formula is C19H24FN3O4. The molecule has 1 aromatic heterocycles. The fraction of sp³-hybridized carbons (Fsp3) is 0.421. The third-order valence-corrected chi connectivity index (χ3v) is 4.01. The molecule has 0 radical (unpaired) electrons. The molecule has 0 aliphatic carbocycles. The molecule has 0 bridgehead atoms. The third-order valence-electron chi connectivity index (χ3n) is 4.01. The Morgan fingerprint density at radius 2 is 2.00 bits per heavy atom. The predicted octanol–water partition coefficient (Wildman–Crippen LogP) is 1.81. The van der Waals surface area contributed by atoms with E-state index in [9.17, 15) is 18.8 Å². The molecule has 0 aliphatic heterocycles. The Morgan fingerprint density at radius 3 is 2.67 bits per heavy atom. The fourth-order valence-corrected chi connectivity index (χ4v) is 2.87. The van der Waals surface area contributed by atoms with Crippen molar-refractivity contribution in [2.75, 3.05) is 6.61 Å². The zero-order valence-corrected chi connectivity index (χ0v) is 15.6. The summed E-state index contributed by atoms with van der Waals surface area (Å²) in [4.78, 5) is 38.6. The highest BCUT2D eigenvalue weighted by atomic mass is 19.1. The van der Waals surface area contributed by atoms with E-state index in [-0.39, 0.29) is 31.2 Å². The van der Waals surface area contributed by atoms with E-state index in [2.05, 4.69) is 15.6 Å². The van der Waals surface area contributed by atoms with E-state index in [0.717, 1.165) is 10.9 Å². The number of amides is 2. The Hall–Kier alpha value is -2.90. The number of H-pyrrole nitrogens is 1. The van der Waals surface area contributed by atoms with Crippen molar-refractivity contribution in [3.63, 3.8) is 0 Å². The highest BCUT2D eigenvalue weighted by Gasteiger charge is 2.23. The van der Waals surface area contributed by atoms with Crippen LogP contribution in [0, 0.1) is 5.82 Å². The molecule has 0 aliphatic rings. The molecule has 0 fully saturated rings. The minimum absolute atomic E-state index is 0.0404. The Morgan fingerprint density at radius 1 is 1.26 bits per heavy atom. The molecule has 8 heteroatoms. The van der Waals surface area contributed by atoms with Crippen LogP contribution < -0.4 is 10.6 Å². The number of nitrogens with one attached hydrogen (secondary N) is 3. The summed E-state index contributed by atoms with van der Waals surface area (Å²) >= 11 is 0. The van der Waals surface area contributed by atoms with Crippen LogP contribution in [0.3, 0.4) is 0 Å². The lowest BCUT2D eigenvalue weighted by molar-refractivity contribution is -0.143. The second-order valence-electron chi connectivity index (χ2n) is 6.38. The molecule has 1 aromatic carbocycles. The van der Waals surface area contributed by atoms with Gasteiger partial charge in [0.05, 0.1) is 13.0 Å². The van der Waals surface area contributed by atoms with Crippen molar-refractivity contribution in [1.82, 2.24) is 15.6 Å². The molecule has 146 valence electrons. The summed E-state index contributed by atoms with van der Waals surface area (Å²) in [6.45, 7) is 5.00.